The third-order valence-electron chi connectivity index (χ3n) is 1.63. The van der Waals surface area contributed by atoms with Gasteiger partial charge >= 0.3 is 0 Å². The van der Waals surface area contributed by atoms with E-state index < -0.39 is 5.79 Å². The fraction of sp³-hybridized carbons (Fsp3) is 1.00. The van der Waals surface area contributed by atoms with Gasteiger partial charge in [-0.05, 0) is 19.8 Å². The van der Waals surface area contributed by atoms with E-state index in [1.165, 1.54) is 0 Å². The Hall–Kier alpha value is -0.120. The van der Waals surface area contributed by atoms with Crippen molar-refractivity contribution in [3.8, 4) is 0 Å². The van der Waals surface area contributed by atoms with E-state index >= 15 is 0 Å². The largest absolute Gasteiger partial charge is 0.379 e. The second-order valence-corrected chi connectivity index (χ2v) is 3.26. The Morgan fingerprint density at radius 3 is 1.77 bits per heavy atom. The molecule has 0 aliphatic rings. The van der Waals surface area contributed by atoms with Gasteiger partial charge in [-0.2, -0.15) is 0 Å². The van der Waals surface area contributed by atoms with Crippen LogP contribution in [0.5, 0.6) is 0 Å². The number of hydrogen-bond donors (Lipinski definition) is 0. The molecule has 0 aromatic rings. The summed E-state index contributed by atoms with van der Waals surface area (Å²) >= 11 is 0. The molecule has 0 radical (unpaired) electrons. The zero-order valence-corrected chi connectivity index (χ0v) is 9.26. The maximum Gasteiger partial charge on any atom is 0.188 e. The van der Waals surface area contributed by atoms with Crippen LogP contribution >= 0.6 is 0 Å². The summed E-state index contributed by atoms with van der Waals surface area (Å²) in [6.45, 7) is 7.97. The molecule has 0 saturated heterocycles. The lowest BCUT2D eigenvalue weighted by molar-refractivity contribution is -0.247. The highest BCUT2D eigenvalue weighted by Crippen LogP contribution is 2.13. The highest BCUT2D eigenvalue weighted by molar-refractivity contribution is 4.61. The van der Waals surface area contributed by atoms with Gasteiger partial charge in [0.05, 0.1) is 6.61 Å². The van der Waals surface area contributed by atoms with Gasteiger partial charge in [-0.3, -0.25) is 0 Å². The molecule has 0 saturated carbocycles. The third kappa shape index (κ3) is 6.02. The van der Waals surface area contributed by atoms with Gasteiger partial charge < -0.3 is 14.2 Å². The van der Waals surface area contributed by atoms with Crippen molar-refractivity contribution < 1.29 is 14.2 Å². The van der Waals surface area contributed by atoms with Crippen molar-refractivity contribution >= 4 is 0 Å². The van der Waals surface area contributed by atoms with Crippen molar-refractivity contribution in [2.24, 2.45) is 0 Å². The zero-order chi connectivity index (χ0) is 10.2. The molecule has 0 unspecified atom stereocenters. The Bertz CT molecular complexity index is 107. The van der Waals surface area contributed by atoms with E-state index in [1.54, 1.807) is 7.11 Å². The summed E-state index contributed by atoms with van der Waals surface area (Å²) in [6, 6.07) is 0. The quantitative estimate of drug-likeness (QED) is 0.549. The van der Waals surface area contributed by atoms with Crippen LogP contribution in [0.4, 0.5) is 0 Å². The molecule has 0 fully saturated rings. The van der Waals surface area contributed by atoms with Gasteiger partial charge in [0.2, 0.25) is 0 Å². The van der Waals surface area contributed by atoms with Gasteiger partial charge in [-0.25, -0.2) is 0 Å². The number of methoxy groups -OCH3 is 1. The van der Waals surface area contributed by atoms with Crippen molar-refractivity contribution in [2.75, 3.05) is 26.9 Å². The van der Waals surface area contributed by atoms with E-state index in [0.29, 0.717) is 19.8 Å². The predicted molar refractivity (Wildman–Crippen MR) is 52.8 cm³/mol. The molecule has 0 amide bonds. The van der Waals surface area contributed by atoms with Crippen LogP contribution in [-0.2, 0) is 14.2 Å². The van der Waals surface area contributed by atoms with Crippen molar-refractivity contribution in [1.29, 1.82) is 0 Å². The summed E-state index contributed by atoms with van der Waals surface area (Å²) in [6.07, 6.45) is 1.99. The van der Waals surface area contributed by atoms with Crippen molar-refractivity contribution in [3.05, 3.63) is 0 Å². The molecule has 0 N–H and O–H groups in total. The molecule has 0 bridgehead atoms. The van der Waals surface area contributed by atoms with Crippen LogP contribution in [-0.4, -0.2) is 32.7 Å². The van der Waals surface area contributed by atoms with Crippen molar-refractivity contribution in [1.82, 2.24) is 0 Å². The Morgan fingerprint density at radius 2 is 1.46 bits per heavy atom. The second kappa shape index (κ2) is 7.30. The van der Waals surface area contributed by atoms with E-state index in [9.17, 15) is 0 Å². The Labute approximate surface area is 81.4 Å². The smallest absolute Gasteiger partial charge is 0.188 e. The van der Waals surface area contributed by atoms with E-state index in [4.69, 9.17) is 14.2 Å². The van der Waals surface area contributed by atoms with E-state index in [1.807, 2.05) is 6.92 Å². The van der Waals surface area contributed by atoms with Gasteiger partial charge in [0.15, 0.2) is 5.79 Å². The lowest BCUT2D eigenvalue weighted by Gasteiger charge is -2.29. The van der Waals surface area contributed by atoms with Crippen LogP contribution in [0.2, 0.25) is 0 Å². The van der Waals surface area contributed by atoms with Gasteiger partial charge in [0.25, 0.3) is 0 Å². The highest BCUT2D eigenvalue weighted by atomic mass is 16.7. The first-order valence-corrected chi connectivity index (χ1v) is 4.95. The number of rotatable bonds is 8. The summed E-state index contributed by atoms with van der Waals surface area (Å²) < 4.78 is 16.2. The molecule has 80 valence electrons. The van der Waals surface area contributed by atoms with E-state index in [-0.39, 0.29) is 0 Å². The van der Waals surface area contributed by atoms with Crippen LogP contribution in [0.25, 0.3) is 0 Å². The lowest BCUT2D eigenvalue weighted by Crippen LogP contribution is -2.38. The first kappa shape index (κ1) is 12.9. The van der Waals surface area contributed by atoms with Crippen molar-refractivity contribution in [2.45, 2.75) is 39.4 Å². The Balaban J connectivity index is 3.84. The van der Waals surface area contributed by atoms with Crippen LogP contribution in [0, 0.1) is 0 Å². The molecule has 0 aromatic heterocycles. The van der Waals surface area contributed by atoms with E-state index in [0.717, 1.165) is 12.8 Å². The minimum atomic E-state index is -0.569. The molecule has 0 aliphatic heterocycles. The second-order valence-electron chi connectivity index (χ2n) is 3.26. The normalized spacial score (nSPS) is 12.0. The van der Waals surface area contributed by atoms with Gasteiger partial charge in [-0.1, -0.05) is 13.8 Å². The molecule has 0 aliphatic carbocycles. The van der Waals surface area contributed by atoms with E-state index in [2.05, 4.69) is 13.8 Å². The highest BCUT2D eigenvalue weighted by Gasteiger charge is 2.24. The first-order chi connectivity index (χ1) is 6.18. The molecule has 0 rings (SSSR count). The van der Waals surface area contributed by atoms with Gasteiger partial charge in [0.1, 0.15) is 0 Å². The topological polar surface area (TPSA) is 27.7 Å². The maximum absolute atomic E-state index is 5.57. The van der Waals surface area contributed by atoms with Crippen molar-refractivity contribution in [3.63, 3.8) is 0 Å². The minimum absolute atomic E-state index is 0.479. The molecule has 3 nitrogen and oxygen atoms in total. The monoisotopic (exact) mass is 190 g/mol. The molecule has 0 aromatic carbocycles. The maximum atomic E-state index is 5.57. The molecule has 0 atom stereocenters. The number of ether oxygens (including phenoxy) is 3. The fourth-order valence-corrected chi connectivity index (χ4v) is 1.02. The average molecular weight is 190 g/mol. The molecule has 0 spiro atoms. The summed E-state index contributed by atoms with van der Waals surface area (Å²) in [5.74, 6) is -0.569. The summed E-state index contributed by atoms with van der Waals surface area (Å²) in [4.78, 5) is 0. The first-order valence-electron chi connectivity index (χ1n) is 4.95. The van der Waals surface area contributed by atoms with Crippen LogP contribution in [0.1, 0.15) is 33.6 Å². The minimum Gasteiger partial charge on any atom is -0.379 e. The fourth-order valence-electron chi connectivity index (χ4n) is 1.02. The van der Waals surface area contributed by atoms with Gasteiger partial charge in [-0.15, -0.1) is 0 Å². The number of hydrogen-bond acceptors (Lipinski definition) is 3. The van der Waals surface area contributed by atoms with Gasteiger partial charge in [0, 0.05) is 20.3 Å². The average Bonchev–Trinajstić information content (AvgIpc) is 2.12. The molecule has 3 heteroatoms. The summed E-state index contributed by atoms with van der Waals surface area (Å²) in [7, 11) is 1.66. The third-order valence-corrected chi connectivity index (χ3v) is 1.63. The zero-order valence-electron chi connectivity index (χ0n) is 9.26. The van der Waals surface area contributed by atoms with Crippen LogP contribution in [0.15, 0.2) is 0 Å². The predicted octanol–water partition coefficient (Wildman–Crippen LogP) is 2.20. The standard InChI is InChI=1S/C10H22O3/c1-5-7-12-10(3,9-11-4)13-8-6-2/h5-9H2,1-4H3. The molecule has 0 heterocycles. The summed E-state index contributed by atoms with van der Waals surface area (Å²) in [5.41, 5.74) is 0. The molecular formula is C10H22O3. The Morgan fingerprint density at radius 1 is 1.00 bits per heavy atom. The Kier molecular flexibility index (Phi) is 7.23. The summed E-state index contributed by atoms with van der Waals surface area (Å²) in [5, 5.41) is 0. The SMILES string of the molecule is CCCOC(C)(COC)OCCC. The molecule has 13 heavy (non-hydrogen) atoms. The van der Waals surface area contributed by atoms with Crippen LogP contribution < -0.4 is 0 Å². The lowest BCUT2D eigenvalue weighted by atomic mass is 10.3. The van der Waals surface area contributed by atoms with Crippen LogP contribution in [0.3, 0.4) is 0 Å². The molecular weight excluding hydrogens is 168 g/mol.